The fraction of sp³-hybridized carbons (Fsp3) is 0.750. The molecule has 0 heterocycles. The average Bonchev–Trinajstić information content (AvgIpc) is 2.13. The molecule has 2 unspecified atom stereocenters. The number of hydrogen-bond donors (Lipinski definition) is 0. The molecular formula is C16H30B. The van der Waals surface area contributed by atoms with Crippen molar-refractivity contribution < 1.29 is 0 Å². The third-order valence-corrected chi connectivity index (χ3v) is 3.04. The summed E-state index contributed by atoms with van der Waals surface area (Å²) in [5.74, 6) is 2.53. The van der Waals surface area contributed by atoms with Crippen molar-refractivity contribution in [2.24, 2.45) is 11.8 Å². The lowest BCUT2D eigenvalue weighted by molar-refractivity contribution is 0.614. The van der Waals surface area contributed by atoms with E-state index in [1.807, 2.05) is 0 Å². The summed E-state index contributed by atoms with van der Waals surface area (Å²) >= 11 is 0. The van der Waals surface area contributed by atoms with Crippen molar-refractivity contribution in [1.82, 2.24) is 0 Å². The topological polar surface area (TPSA) is 0 Å². The molecule has 2 atom stereocenters. The van der Waals surface area contributed by atoms with Gasteiger partial charge in [-0.2, -0.15) is 0 Å². The van der Waals surface area contributed by atoms with E-state index in [4.69, 9.17) is 0 Å². The van der Waals surface area contributed by atoms with Crippen molar-refractivity contribution in [1.29, 1.82) is 0 Å². The number of rotatable bonds is 6. The first kappa shape index (κ1) is 16.5. The SMILES string of the molecule is CC(C)=CC([B]C(C=C(C)C)C(C)C)C(C)C. The van der Waals surface area contributed by atoms with E-state index >= 15 is 0 Å². The van der Waals surface area contributed by atoms with Gasteiger partial charge in [-0.25, -0.2) is 0 Å². The second kappa shape index (κ2) is 7.79. The van der Waals surface area contributed by atoms with E-state index in [-0.39, 0.29) is 0 Å². The molecule has 0 rings (SSSR count). The van der Waals surface area contributed by atoms with Crippen molar-refractivity contribution in [2.75, 3.05) is 0 Å². The van der Waals surface area contributed by atoms with Crippen molar-refractivity contribution in [3.63, 3.8) is 0 Å². The Balaban J connectivity index is 4.81. The summed E-state index contributed by atoms with van der Waals surface area (Å²) in [4.78, 5) is 0. The maximum Gasteiger partial charge on any atom is 0.128 e. The van der Waals surface area contributed by atoms with Crippen molar-refractivity contribution >= 4 is 7.28 Å². The van der Waals surface area contributed by atoms with Crippen molar-refractivity contribution in [2.45, 2.75) is 67.0 Å². The predicted molar refractivity (Wildman–Crippen MR) is 81.8 cm³/mol. The van der Waals surface area contributed by atoms with E-state index in [9.17, 15) is 0 Å². The molecule has 0 aromatic carbocycles. The summed E-state index contributed by atoms with van der Waals surface area (Å²) in [7, 11) is 2.52. The van der Waals surface area contributed by atoms with Gasteiger partial charge in [0.2, 0.25) is 0 Å². The molecule has 0 N–H and O–H groups in total. The van der Waals surface area contributed by atoms with E-state index in [1.54, 1.807) is 0 Å². The zero-order valence-electron chi connectivity index (χ0n) is 13.0. The second-order valence-corrected chi connectivity index (χ2v) is 6.32. The molecule has 0 saturated heterocycles. The minimum absolute atomic E-state index is 0.586. The maximum atomic E-state index is 2.52. The maximum absolute atomic E-state index is 2.52. The molecule has 1 heteroatoms. The van der Waals surface area contributed by atoms with Gasteiger partial charge in [-0.3, -0.25) is 0 Å². The first-order valence-electron chi connectivity index (χ1n) is 6.89. The third kappa shape index (κ3) is 7.47. The van der Waals surface area contributed by atoms with Gasteiger partial charge in [0.1, 0.15) is 7.28 Å². The lowest BCUT2D eigenvalue weighted by atomic mass is 9.48. The van der Waals surface area contributed by atoms with E-state index in [0.717, 1.165) is 0 Å². The minimum Gasteiger partial charge on any atom is -0.0904 e. The molecule has 0 nitrogen and oxygen atoms in total. The van der Waals surface area contributed by atoms with Gasteiger partial charge < -0.3 is 0 Å². The first-order chi connectivity index (χ1) is 7.73. The van der Waals surface area contributed by atoms with E-state index in [0.29, 0.717) is 23.5 Å². The fourth-order valence-electron chi connectivity index (χ4n) is 1.97. The molecular weight excluding hydrogens is 203 g/mol. The monoisotopic (exact) mass is 233 g/mol. The molecule has 0 aliphatic rings. The van der Waals surface area contributed by atoms with Crippen LogP contribution in [0.3, 0.4) is 0 Å². The molecule has 17 heavy (non-hydrogen) atoms. The summed E-state index contributed by atoms with van der Waals surface area (Å²) in [5.41, 5.74) is 2.83. The van der Waals surface area contributed by atoms with Crippen LogP contribution in [-0.4, -0.2) is 7.28 Å². The highest BCUT2D eigenvalue weighted by molar-refractivity contribution is 6.41. The summed E-state index contributed by atoms with van der Waals surface area (Å²) in [5, 5.41) is 0. The van der Waals surface area contributed by atoms with Gasteiger partial charge in [0.25, 0.3) is 0 Å². The second-order valence-electron chi connectivity index (χ2n) is 6.32. The summed E-state index contributed by atoms with van der Waals surface area (Å²) in [6.45, 7) is 18.0. The zero-order chi connectivity index (χ0) is 13.6. The predicted octanol–water partition coefficient (Wildman–Crippen LogP) is 5.51. The third-order valence-electron chi connectivity index (χ3n) is 3.04. The Labute approximate surface area is 110 Å². The Kier molecular flexibility index (Phi) is 7.58. The number of allylic oxidation sites excluding steroid dienone is 4. The molecule has 0 aromatic heterocycles. The van der Waals surface area contributed by atoms with Crippen LogP contribution in [0.1, 0.15) is 55.4 Å². The highest BCUT2D eigenvalue weighted by Crippen LogP contribution is 2.30. The quantitative estimate of drug-likeness (QED) is 0.419. The summed E-state index contributed by atoms with van der Waals surface area (Å²) in [6.07, 6.45) is 4.80. The molecule has 0 saturated carbocycles. The molecule has 0 amide bonds. The van der Waals surface area contributed by atoms with Crippen LogP contribution in [0.4, 0.5) is 0 Å². The van der Waals surface area contributed by atoms with Crippen LogP contribution in [0.15, 0.2) is 23.3 Å². The number of hydrogen-bond acceptors (Lipinski definition) is 0. The smallest absolute Gasteiger partial charge is 0.0904 e. The molecule has 0 aliphatic carbocycles. The van der Waals surface area contributed by atoms with Gasteiger partial charge in [0, 0.05) is 0 Å². The summed E-state index contributed by atoms with van der Waals surface area (Å²) in [6, 6.07) is 0. The summed E-state index contributed by atoms with van der Waals surface area (Å²) < 4.78 is 0. The van der Waals surface area contributed by atoms with Crippen LogP contribution in [0, 0.1) is 11.8 Å². The van der Waals surface area contributed by atoms with Gasteiger partial charge in [0.05, 0.1) is 0 Å². The minimum atomic E-state index is 0.586. The van der Waals surface area contributed by atoms with Crippen molar-refractivity contribution in [3.05, 3.63) is 23.3 Å². The lowest BCUT2D eigenvalue weighted by Crippen LogP contribution is -2.17. The van der Waals surface area contributed by atoms with Gasteiger partial charge >= 0.3 is 0 Å². The molecule has 0 aromatic rings. The van der Waals surface area contributed by atoms with E-state index < -0.39 is 0 Å². The molecule has 1 radical (unpaired) electrons. The molecule has 97 valence electrons. The Morgan fingerprint density at radius 3 is 1.18 bits per heavy atom. The van der Waals surface area contributed by atoms with Crippen LogP contribution >= 0.6 is 0 Å². The first-order valence-corrected chi connectivity index (χ1v) is 6.89. The highest BCUT2D eigenvalue weighted by atomic mass is 14.1. The Hall–Kier alpha value is -0.455. The lowest BCUT2D eigenvalue weighted by Gasteiger charge is -2.24. The molecule has 0 bridgehead atoms. The van der Waals surface area contributed by atoms with Crippen LogP contribution in [0.5, 0.6) is 0 Å². The van der Waals surface area contributed by atoms with Crippen molar-refractivity contribution in [3.8, 4) is 0 Å². The molecule has 0 fully saturated rings. The zero-order valence-corrected chi connectivity index (χ0v) is 13.0. The van der Waals surface area contributed by atoms with Gasteiger partial charge in [-0.05, 0) is 51.2 Å². The molecule has 0 aliphatic heterocycles. The van der Waals surface area contributed by atoms with Gasteiger partial charge in [-0.1, -0.05) is 51.0 Å². The van der Waals surface area contributed by atoms with Crippen LogP contribution in [0.25, 0.3) is 0 Å². The normalized spacial score (nSPS) is 14.5. The Morgan fingerprint density at radius 1 is 0.706 bits per heavy atom. The average molecular weight is 233 g/mol. The largest absolute Gasteiger partial charge is 0.128 e. The highest BCUT2D eigenvalue weighted by Gasteiger charge is 2.20. The van der Waals surface area contributed by atoms with E-state index in [2.05, 4.69) is 74.8 Å². The van der Waals surface area contributed by atoms with Crippen LogP contribution in [-0.2, 0) is 0 Å². The van der Waals surface area contributed by atoms with Gasteiger partial charge in [0.15, 0.2) is 0 Å². The standard InChI is InChI=1S/C16H30B/c1-11(2)9-15(13(5)6)17-16(14(7)8)10-12(3)4/h9-10,13-16H,1-8H3. The Bertz CT molecular complexity index is 235. The van der Waals surface area contributed by atoms with Crippen LogP contribution < -0.4 is 0 Å². The Morgan fingerprint density at radius 2 is 1.00 bits per heavy atom. The van der Waals surface area contributed by atoms with Gasteiger partial charge in [-0.15, -0.1) is 0 Å². The van der Waals surface area contributed by atoms with E-state index in [1.165, 1.54) is 11.1 Å². The fourth-order valence-corrected chi connectivity index (χ4v) is 1.97. The molecule has 0 spiro atoms. The van der Waals surface area contributed by atoms with Crippen LogP contribution in [0.2, 0.25) is 11.6 Å².